The summed E-state index contributed by atoms with van der Waals surface area (Å²) in [5, 5.41) is 10.9. The number of phenols is 1. The normalized spacial score (nSPS) is 15.7. The molecule has 2 aliphatic heterocycles. The molecule has 0 spiro atoms. The van der Waals surface area contributed by atoms with Gasteiger partial charge in [0.1, 0.15) is 17.2 Å². The van der Waals surface area contributed by atoms with E-state index >= 15 is 0 Å². The van der Waals surface area contributed by atoms with Crippen LogP contribution in [0.15, 0.2) is 72.8 Å². The number of fused-ring (bicyclic) bond motifs is 2. The van der Waals surface area contributed by atoms with Crippen LogP contribution in [0.3, 0.4) is 0 Å². The van der Waals surface area contributed by atoms with Gasteiger partial charge in [-0.1, -0.05) is 80.9 Å². The molecule has 1 atom stereocenters. The van der Waals surface area contributed by atoms with E-state index in [1.165, 1.54) is 6.07 Å². The van der Waals surface area contributed by atoms with Crippen LogP contribution in [0.1, 0.15) is 140 Å². The molecule has 0 aromatic heterocycles. The van der Waals surface area contributed by atoms with E-state index in [4.69, 9.17) is 4.74 Å². The largest absolute Gasteiger partial charge is 0.508 e. The van der Waals surface area contributed by atoms with E-state index in [0.717, 1.165) is 45.8 Å². The summed E-state index contributed by atoms with van der Waals surface area (Å²) in [5.41, 5.74) is 3.28. The number of phenolic OH excluding ortho intramolecular Hbond substituents is 1. The first-order chi connectivity index (χ1) is 23.9. The molecule has 51 heavy (non-hydrogen) atoms. The molecule has 1 N–H and O–H groups in total. The molecule has 0 fully saturated rings. The molecule has 0 saturated heterocycles. The summed E-state index contributed by atoms with van der Waals surface area (Å²) in [6.45, 7) is 18.5. The molecule has 4 amide bonds. The van der Waals surface area contributed by atoms with Crippen LogP contribution in [0.2, 0.25) is 0 Å². The third-order valence-electron chi connectivity index (χ3n) is 10.3. The van der Waals surface area contributed by atoms with Gasteiger partial charge >= 0.3 is 0 Å². The van der Waals surface area contributed by atoms with Gasteiger partial charge in [0.05, 0.1) is 33.6 Å². The SMILES string of the molecule is CCCC(C)(CC)c1ccc2c(c1)C(=O)N(c1cccc(N3C(=O)c4ccc(Oc5cc(C(C)(C)C)c(O)cc5C(C)(C)C)cc4C3=O)c1)C2=O. The average molecular weight is 687 g/mol. The summed E-state index contributed by atoms with van der Waals surface area (Å²) >= 11 is 0. The van der Waals surface area contributed by atoms with Crippen molar-refractivity contribution < 1.29 is 29.0 Å². The number of rotatable bonds is 8. The fourth-order valence-electron chi connectivity index (χ4n) is 7.18. The first-order valence-corrected chi connectivity index (χ1v) is 17.6. The molecule has 0 aliphatic carbocycles. The Kier molecular flexibility index (Phi) is 8.73. The second kappa shape index (κ2) is 12.5. The topological polar surface area (TPSA) is 104 Å². The van der Waals surface area contributed by atoms with Crippen LogP contribution in [0.25, 0.3) is 0 Å². The van der Waals surface area contributed by atoms with E-state index in [1.54, 1.807) is 48.5 Å². The minimum absolute atomic E-state index is 0.120. The first kappa shape index (κ1) is 35.6. The number of carbonyl (C=O) groups excluding carboxylic acids is 4. The highest BCUT2D eigenvalue weighted by atomic mass is 16.5. The third kappa shape index (κ3) is 6.11. The molecule has 8 nitrogen and oxygen atoms in total. The zero-order valence-electron chi connectivity index (χ0n) is 30.9. The van der Waals surface area contributed by atoms with E-state index in [-0.39, 0.29) is 44.5 Å². The van der Waals surface area contributed by atoms with Crippen LogP contribution in [0, 0.1) is 0 Å². The van der Waals surface area contributed by atoms with Gasteiger partial charge in [-0.25, -0.2) is 9.80 Å². The molecular weight excluding hydrogens is 640 g/mol. The van der Waals surface area contributed by atoms with Crippen LogP contribution in [0.5, 0.6) is 17.2 Å². The summed E-state index contributed by atoms with van der Waals surface area (Å²) in [7, 11) is 0. The van der Waals surface area contributed by atoms with Crippen LogP contribution in [-0.4, -0.2) is 28.7 Å². The quantitative estimate of drug-likeness (QED) is 0.185. The zero-order valence-corrected chi connectivity index (χ0v) is 30.9. The van der Waals surface area contributed by atoms with Gasteiger partial charge in [-0.05, 0) is 95.3 Å². The van der Waals surface area contributed by atoms with Crippen molar-refractivity contribution in [1.29, 1.82) is 0 Å². The van der Waals surface area contributed by atoms with E-state index in [2.05, 4.69) is 20.8 Å². The van der Waals surface area contributed by atoms with E-state index in [1.807, 2.05) is 59.7 Å². The Hall–Kier alpha value is -5.24. The summed E-state index contributed by atoms with van der Waals surface area (Å²) in [6.07, 6.45) is 2.85. The van der Waals surface area contributed by atoms with Gasteiger partial charge in [0.15, 0.2) is 0 Å². The number of imide groups is 2. The summed E-state index contributed by atoms with van der Waals surface area (Å²) < 4.78 is 6.39. The predicted molar refractivity (Wildman–Crippen MR) is 200 cm³/mol. The van der Waals surface area contributed by atoms with Gasteiger partial charge in [-0.3, -0.25) is 19.2 Å². The maximum Gasteiger partial charge on any atom is 0.266 e. The van der Waals surface area contributed by atoms with E-state index in [0.29, 0.717) is 22.6 Å². The fourth-order valence-corrected chi connectivity index (χ4v) is 7.18. The van der Waals surface area contributed by atoms with Gasteiger partial charge in [0, 0.05) is 11.1 Å². The fraction of sp³-hybridized carbons (Fsp3) is 0.349. The lowest BCUT2D eigenvalue weighted by atomic mass is 9.76. The lowest BCUT2D eigenvalue weighted by Gasteiger charge is -2.28. The predicted octanol–water partition coefficient (Wildman–Crippen LogP) is 9.85. The highest BCUT2D eigenvalue weighted by molar-refractivity contribution is 6.36. The molecule has 8 heteroatoms. The van der Waals surface area contributed by atoms with Gasteiger partial charge in [0.25, 0.3) is 23.6 Å². The Morgan fingerprint density at radius 1 is 0.608 bits per heavy atom. The number of hydrogen-bond donors (Lipinski definition) is 1. The monoisotopic (exact) mass is 686 g/mol. The number of hydrogen-bond acceptors (Lipinski definition) is 6. The van der Waals surface area contributed by atoms with E-state index < -0.39 is 23.6 Å². The van der Waals surface area contributed by atoms with Crippen molar-refractivity contribution >= 4 is 35.0 Å². The summed E-state index contributed by atoms with van der Waals surface area (Å²) in [6, 6.07) is 20.2. The third-order valence-corrected chi connectivity index (χ3v) is 10.3. The Morgan fingerprint density at radius 2 is 1.14 bits per heavy atom. The average Bonchev–Trinajstić information content (AvgIpc) is 3.47. The molecule has 4 aromatic carbocycles. The molecule has 264 valence electrons. The number of anilines is 2. The second-order valence-electron chi connectivity index (χ2n) is 16.0. The molecule has 1 unspecified atom stereocenters. The zero-order chi connectivity index (χ0) is 37.2. The molecule has 4 aromatic rings. The van der Waals surface area contributed by atoms with Crippen molar-refractivity contribution in [2.24, 2.45) is 0 Å². The number of nitrogens with zero attached hydrogens (tertiary/aromatic N) is 2. The van der Waals surface area contributed by atoms with Gasteiger partial charge in [-0.15, -0.1) is 0 Å². The summed E-state index contributed by atoms with van der Waals surface area (Å²) in [4.78, 5) is 57.1. The van der Waals surface area contributed by atoms with Gasteiger partial charge in [0.2, 0.25) is 0 Å². The highest BCUT2D eigenvalue weighted by Gasteiger charge is 2.41. The van der Waals surface area contributed by atoms with Crippen LogP contribution >= 0.6 is 0 Å². The molecular formula is C43H46N2O6. The first-order valence-electron chi connectivity index (χ1n) is 17.6. The number of aromatic hydroxyl groups is 1. The molecule has 2 aliphatic rings. The van der Waals surface area contributed by atoms with Crippen LogP contribution < -0.4 is 14.5 Å². The highest BCUT2D eigenvalue weighted by Crippen LogP contribution is 2.43. The molecule has 6 rings (SSSR count). The molecule has 0 bridgehead atoms. The van der Waals surface area contributed by atoms with Gasteiger partial charge in [-0.2, -0.15) is 0 Å². The molecule has 2 heterocycles. The van der Waals surface area contributed by atoms with Crippen molar-refractivity contribution in [3.63, 3.8) is 0 Å². The second-order valence-corrected chi connectivity index (χ2v) is 16.0. The summed E-state index contributed by atoms with van der Waals surface area (Å²) in [5.74, 6) is -0.854. The van der Waals surface area contributed by atoms with Crippen molar-refractivity contribution in [2.45, 2.75) is 97.8 Å². The Bertz CT molecular complexity index is 2120. The van der Waals surface area contributed by atoms with E-state index in [9.17, 15) is 24.3 Å². The minimum Gasteiger partial charge on any atom is -0.508 e. The van der Waals surface area contributed by atoms with Crippen molar-refractivity contribution in [3.8, 4) is 17.2 Å². The van der Waals surface area contributed by atoms with Crippen LogP contribution in [-0.2, 0) is 16.2 Å². The Balaban J connectivity index is 1.30. The van der Waals surface area contributed by atoms with Crippen molar-refractivity contribution in [1.82, 2.24) is 0 Å². The maximum atomic E-state index is 13.9. The number of amides is 4. The smallest absolute Gasteiger partial charge is 0.266 e. The standard InChI is InChI=1S/C43H46N2O6/c1-10-19-43(9,11-2)25-15-17-29-31(20-25)39(49)44(37(29)47)26-13-12-14-27(21-26)45-38(48)30-18-16-28(22-32(30)40(45)50)51-36-24-33(41(3,4)5)35(46)23-34(36)42(6,7)8/h12-18,20-24,46H,10-11,19H2,1-9H3. The number of benzene rings is 4. The molecule has 0 saturated carbocycles. The van der Waals surface area contributed by atoms with Crippen molar-refractivity contribution in [3.05, 3.63) is 112 Å². The number of ether oxygens (including phenoxy) is 1. The lowest BCUT2D eigenvalue weighted by molar-refractivity contribution is 0.0912. The van der Waals surface area contributed by atoms with Gasteiger partial charge < -0.3 is 9.84 Å². The number of carbonyl (C=O) groups is 4. The lowest BCUT2D eigenvalue weighted by Crippen LogP contribution is -2.31. The van der Waals surface area contributed by atoms with Crippen LogP contribution in [0.4, 0.5) is 11.4 Å². The minimum atomic E-state index is -0.545. The van der Waals surface area contributed by atoms with Crippen molar-refractivity contribution in [2.75, 3.05) is 9.80 Å². The molecule has 0 radical (unpaired) electrons. The maximum absolute atomic E-state index is 13.9. The Labute approximate surface area is 300 Å². The Morgan fingerprint density at radius 3 is 1.67 bits per heavy atom.